The van der Waals surface area contributed by atoms with E-state index in [-0.39, 0.29) is 6.04 Å². The maximum atomic E-state index is 5.96. The zero-order valence-corrected chi connectivity index (χ0v) is 14.7. The Morgan fingerprint density at radius 2 is 2.08 bits per heavy atom. The maximum absolute atomic E-state index is 5.96. The average molecular weight is 337 g/mol. The number of aromatic nitrogens is 4. The van der Waals surface area contributed by atoms with Crippen LogP contribution in [-0.2, 0) is 6.54 Å². The van der Waals surface area contributed by atoms with Crippen molar-refractivity contribution in [3.05, 3.63) is 54.2 Å². The Morgan fingerprint density at radius 1 is 1.24 bits per heavy atom. The quantitative estimate of drug-likeness (QED) is 0.713. The van der Waals surface area contributed by atoms with E-state index in [1.165, 1.54) is 18.4 Å². The Labute approximate surface area is 147 Å². The minimum Gasteiger partial charge on any atom is -0.419 e. The van der Waals surface area contributed by atoms with Gasteiger partial charge in [0.05, 0.1) is 18.8 Å². The van der Waals surface area contributed by atoms with Gasteiger partial charge in [-0.15, -0.1) is 10.2 Å². The molecule has 6 heteroatoms. The van der Waals surface area contributed by atoms with Crippen LogP contribution < -0.4 is 0 Å². The fourth-order valence-corrected chi connectivity index (χ4v) is 3.59. The molecule has 1 aliphatic heterocycles. The molecule has 3 heterocycles. The molecular weight excluding hydrogens is 314 g/mol. The molecule has 4 rings (SSSR count). The molecule has 0 spiro atoms. The molecule has 6 nitrogen and oxygen atoms in total. The summed E-state index contributed by atoms with van der Waals surface area (Å²) in [6, 6.07) is 10.5. The van der Waals surface area contributed by atoms with E-state index >= 15 is 0 Å². The summed E-state index contributed by atoms with van der Waals surface area (Å²) in [6.07, 6.45) is 6.37. The predicted octanol–water partition coefficient (Wildman–Crippen LogP) is 3.47. The van der Waals surface area contributed by atoms with Crippen LogP contribution in [-0.4, -0.2) is 37.5 Å². The van der Waals surface area contributed by atoms with Crippen molar-refractivity contribution in [2.75, 3.05) is 6.54 Å². The SMILES string of the molecule is Cc1cnn(C[C@H]2CCCN2[C@H](C)c2nnc(-c3ccccc3)o2)c1. The van der Waals surface area contributed by atoms with Crippen LogP contribution in [0.5, 0.6) is 0 Å². The fourth-order valence-electron chi connectivity index (χ4n) is 3.59. The van der Waals surface area contributed by atoms with E-state index in [2.05, 4.69) is 40.2 Å². The minimum absolute atomic E-state index is 0.106. The monoisotopic (exact) mass is 337 g/mol. The van der Waals surface area contributed by atoms with E-state index in [1.807, 2.05) is 41.2 Å². The van der Waals surface area contributed by atoms with Crippen LogP contribution in [0.3, 0.4) is 0 Å². The Hall–Kier alpha value is -2.47. The second-order valence-electron chi connectivity index (χ2n) is 6.76. The summed E-state index contributed by atoms with van der Waals surface area (Å²) in [7, 11) is 0. The van der Waals surface area contributed by atoms with Crippen molar-refractivity contribution in [1.82, 2.24) is 24.9 Å². The smallest absolute Gasteiger partial charge is 0.247 e. The normalized spacial score (nSPS) is 19.4. The molecular formula is C19H23N5O. The predicted molar refractivity (Wildman–Crippen MR) is 94.8 cm³/mol. The number of likely N-dealkylation sites (tertiary alicyclic amines) is 1. The topological polar surface area (TPSA) is 60.0 Å². The van der Waals surface area contributed by atoms with Gasteiger partial charge in [0, 0.05) is 17.8 Å². The molecule has 0 radical (unpaired) electrons. The first-order valence-electron chi connectivity index (χ1n) is 8.84. The van der Waals surface area contributed by atoms with Gasteiger partial charge in [-0.25, -0.2) is 0 Å². The first-order valence-corrected chi connectivity index (χ1v) is 8.84. The van der Waals surface area contributed by atoms with Crippen LogP contribution in [0.25, 0.3) is 11.5 Å². The lowest BCUT2D eigenvalue weighted by Crippen LogP contribution is -2.35. The molecule has 0 unspecified atom stereocenters. The first-order chi connectivity index (χ1) is 12.2. The van der Waals surface area contributed by atoms with E-state index in [1.54, 1.807) is 0 Å². The summed E-state index contributed by atoms with van der Waals surface area (Å²) in [4.78, 5) is 2.46. The highest BCUT2D eigenvalue weighted by Crippen LogP contribution is 2.30. The van der Waals surface area contributed by atoms with Crippen LogP contribution in [0.15, 0.2) is 47.1 Å². The lowest BCUT2D eigenvalue weighted by molar-refractivity contribution is 0.152. The zero-order chi connectivity index (χ0) is 17.2. The molecule has 3 aromatic rings. The molecule has 1 fully saturated rings. The number of aryl methyl sites for hydroxylation is 1. The molecule has 1 saturated heterocycles. The number of benzene rings is 1. The van der Waals surface area contributed by atoms with Crippen molar-refractivity contribution in [1.29, 1.82) is 0 Å². The largest absolute Gasteiger partial charge is 0.419 e. The molecule has 0 N–H and O–H groups in total. The molecule has 0 amide bonds. The second kappa shape index (κ2) is 6.80. The van der Waals surface area contributed by atoms with Gasteiger partial charge >= 0.3 is 0 Å². The van der Waals surface area contributed by atoms with Gasteiger partial charge in [-0.3, -0.25) is 9.58 Å². The van der Waals surface area contributed by atoms with E-state index in [4.69, 9.17) is 4.42 Å². The van der Waals surface area contributed by atoms with Crippen molar-refractivity contribution in [2.24, 2.45) is 0 Å². The number of nitrogens with zero attached hydrogens (tertiary/aromatic N) is 5. The van der Waals surface area contributed by atoms with Crippen LogP contribution >= 0.6 is 0 Å². The summed E-state index contributed by atoms with van der Waals surface area (Å²) in [5.74, 6) is 1.27. The van der Waals surface area contributed by atoms with Crippen LogP contribution in [0.4, 0.5) is 0 Å². The maximum Gasteiger partial charge on any atom is 0.247 e. The van der Waals surface area contributed by atoms with Gasteiger partial charge in [0.25, 0.3) is 0 Å². The molecule has 0 saturated carbocycles. The molecule has 1 aromatic carbocycles. The lowest BCUT2D eigenvalue weighted by atomic mass is 10.2. The highest BCUT2D eigenvalue weighted by Gasteiger charge is 2.32. The molecule has 0 bridgehead atoms. The highest BCUT2D eigenvalue weighted by molar-refractivity contribution is 5.51. The highest BCUT2D eigenvalue weighted by atomic mass is 16.4. The first kappa shape index (κ1) is 16.0. The van der Waals surface area contributed by atoms with Gasteiger partial charge in [-0.2, -0.15) is 5.10 Å². The standard InChI is InChI=1S/C19H23N5O/c1-14-11-20-23(12-14)13-17-9-6-10-24(17)15(2)18-21-22-19(25-18)16-7-4-3-5-8-16/h3-5,7-8,11-12,15,17H,6,9-10,13H2,1-2H3/t15-,17-/m1/s1. The third kappa shape index (κ3) is 3.35. The summed E-state index contributed by atoms with van der Waals surface area (Å²) in [5.41, 5.74) is 2.15. The Bertz CT molecular complexity index is 825. The van der Waals surface area contributed by atoms with Crippen molar-refractivity contribution in [3.63, 3.8) is 0 Å². The van der Waals surface area contributed by atoms with Crippen molar-refractivity contribution >= 4 is 0 Å². The molecule has 0 aliphatic carbocycles. The number of hydrogen-bond donors (Lipinski definition) is 0. The fraction of sp³-hybridized carbons (Fsp3) is 0.421. The van der Waals surface area contributed by atoms with Crippen LogP contribution in [0.2, 0.25) is 0 Å². The third-order valence-electron chi connectivity index (χ3n) is 4.90. The van der Waals surface area contributed by atoms with Gasteiger partial charge in [-0.1, -0.05) is 18.2 Å². The molecule has 2 aromatic heterocycles. The summed E-state index contributed by atoms with van der Waals surface area (Å²) < 4.78 is 8.00. The summed E-state index contributed by atoms with van der Waals surface area (Å²) >= 11 is 0. The molecule has 2 atom stereocenters. The number of hydrogen-bond acceptors (Lipinski definition) is 5. The van der Waals surface area contributed by atoms with Crippen molar-refractivity contribution in [2.45, 2.75) is 45.3 Å². The zero-order valence-electron chi connectivity index (χ0n) is 14.7. The van der Waals surface area contributed by atoms with E-state index in [9.17, 15) is 0 Å². The number of rotatable bonds is 5. The average Bonchev–Trinajstić information content (AvgIpc) is 3.37. The third-order valence-corrected chi connectivity index (χ3v) is 4.90. The van der Waals surface area contributed by atoms with Crippen molar-refractivity contribution in [3.8, 4) is 11.5 Å². The van der Waals surface area contributed by atoms with Gasteiger partial charge < -0.3 is 4.42 Å². The van der Waals surface area contributed by atoms with Gasteiger partial charge in [0.2, 0.25) is 11.8 Å². The molecule has 25 heavy (non-hydrogen) atoms. The Balaban J connectivity index is 1.50. The summed E-state index contributed by atoms with van der Waals surface area (Å²) in [5, 5.41) is 13.0. The van der Waals surface area contributed by atoms with E-state index in [0.717, 1.165) is 18.7 Å². The van der Waals surface area contributed by atoms with Crippen LogP contribution in [0.1, 0.15) is 37.3 Å². The van der Waals surface area contributed by atoms with Gasteiger partial charge in [-0.05, 0) is 50.9 Å². The van der Waals surface area contributed by atoms with Gasteiger partial charge in [0.1, 0.15) is 0 Å². The van der Waals surface area contributed by atoms with E-state index < -0.39 is 0 Å². The molecule has 1 aliphatic rings. The lowest BCUT2D eigenvalue weighted by Gasteiger charge is -2.28. The van der Waals surface area contributed by atoms with Gasteiger partial charge in [0.15, 0.2) is 0 Å². The van der Waals surface area contributed by atoms with Crippen LogP contribution in [0, 0.1) is 6.92 Å². The van der Waals surface area contributed by atoms with Crippen molar-refractivity contribution < 1.29 is 4.42 Å². The second-order valence-corrected chi connectivity index (χ2v) is 6.76. The van der Waals surface area contributed by atoms with E-state index in [0.29, 0.717) is 17.8 Å². The summed E-state index contributed by atoms with van der Waals surface area (Å²) in [6.45, 7) is 6.17. The minimum atomic E-state index is 0.106. The molecule has 130 valence electrons. The Kier molecular flexibility index (Phi) is 4.36. The Morgan fingerprint density at radius 3 is 2.84 bits per heavy atom.